The summed E-state index contributed by atoms with van der Waals surface area (Å²) >= 11 is 0. The SMILES string of the molecule is CC1(C)CN(C(=O)C23CC4CC(CC(C4)C2)C3)c2ccccc2N1. The number of carbonyl (C=O) groups excluding carboxylic acids is 1. The van der Waals surface area contributed by atoms with Gasteiger partial charge in [0.05, 0.1) is 16.8 Å². The topological polar surface area (TPSA) is 32.3 Å². The molecular weight excluding hydrogens is 296 g/mol. The molecule has 4 saturated carbocycles. The zero-order valence-corrected chi connectivity index (χ0v) is 14.8. The highest BCUT2D eigenvalue weighted by Crippen LogP contribution is 2.61. The highest BCUT2D eigenvalue weighted by molar-refractivity contribution is 6.01. The summed E-state index contributed by atoms with van der Waals surface area (Å²) in [5, 5.41) is 3.60. The van der Waals surface area contributed by atoms with Gasteiger partial charge in [-0.15, -0.1) is 0 Å². The molecule has 1 heterocycles. The molecule has 0 saturated heterocycles. The highest BCUT2D eigenvalue weighted by Gasteiger charge is 2.56. The second-order valence-corrected chi connectivity index (χ2v) is 9.62. The average Bonchev–Trinajstić information content (AvgIpc) is 2.51. The van der Waals surface area contributed by atoms with Gasteiger partial charge in [-0.1, -0.05) is 12.1 Å². The van der Waals surface area contributed by atoms with E-state index in [9.17, 15) is 4.79 Å². The molecule has 0 spiro atoms. The highest BCUT2D eigenvalue weighted by atomic mass is 16.2. The molecule has 6 rings (SSSR count). The van der Waals surface area contributed by atoms with Crippen LogP contribution in [-0.2, 0) is 4.79 Å². The molecule has 0 radical (unpaired) electrons. The van der Waals surface area contributed by atoms with E-state index in [0.717, 1.165) is 54.9 Å². The predicted octanol–water partition coefficient (Wildman–Crippen LogP) is 4.44. The molecule has 0 unspecified atom stereocenters. The fraction of sp³-hybridized carbons (Fsp3) is 0.667. The first-order chi connectivity index (χ1) is 11.4. The first-order valence-electron chi connectivity index (χ1n) is 9.63. The van der Waals surface area contributed by atoms with E-state index in [0.29, 0.717) is 5.91 Å². The average molecular weight is 324 g/mol. The molecule has 128 valence electrons. The van der Waals surface area contributed by atoms with Gasteiger partial charge < -0.3 is 10.2 Å². The fourth-order valence-corrected chi connectivity index (χ4v) is 6.54. The summed E-state index contributed by atoms with van der Waals surface area (Å²) < 4.78 is 0. The van der Waals surface area contributed by atoms with E-state index in [-0.39, 0.29) is 11.0 Å². The van der Waals surface area contributed by atoms with Crippen LogP contribution in [0.25, 0.3) is 0 Å². The van der Waals surface area contributed by atoms with Crippen molar-refractivity contribution in [3.05, 3.63) is 24.3 Å². The third-order valence-corrected chi connectivity index (χ3v) is 6.96. The lowest BCUT2D eigenvalue weighted by atomic mass is 9.49. The van der Waals surface area contributed by atoms with Gasteiger partial charge in [0.25, 0.3) is 0 Å². The van der Waals surface area contributed by atoms with Crippen molar-refractivity contribution < 1.29 is 4.79 Å². The lowest BCUT2D eigenvalue weighted by molar-refractivity contribution is -0.143. The Bertz CT molecular complexity index is 658. The van der Waals surface area contributed by atoms with Crippen LogP contribution in [0.4, 0.5) is 11.4 Å². The summed E-state index contributed by atoms with van der Waals surface area (Å²) in [5.74, 6) is 2.85. The Kier molecular flexibility index (Phi) is 2.94. The Hall–Kier alpha value is -1.51. The zero-order valence-electron chi connectivity index (χ0n) is 14.8. The number of fused-ring (bicyclic) bond motifs is 1. The van der Waals surface area contributed by atoms with Crippen LogP contribution in [0.1, 0.15) is 52.4 Å². The maximum atomic E-state index is 13.8. The summed E-state index contributed by atoms with van der Waals surface area (Å²) in [7, 11) is 0. The van der Waals surface area contributed by atoms with Gasteiger partial charge >= 0.3 is 0 Å². The normalized spacial score (nSPS) is 38.6. The maximum absolute atomic E-state index is 13.8. The predicted molar refractivity (Wildman–Crippen MR) is 97.1 cm³/mol. The molecule has 1 aromatic carbocycles. The summed E-state index contributed by atoms with van der Waals surface area (Å²) in [5.41, 5.74) is 2.05. The Morgan fingerprint density at radius 2 is 1.62 bits per heavy atom. The van der Waals surface area contributed by atoms with Crippen molar-refractivity contribution in [2.45, 2.75) is 57.9 Å². The quantitative estimate of drug-likeness (QED) is 0.828. The first kappa shape index (κ1) is 14.8. The van der Waals surface area contributed by atoms with Crippen molar-refractivity contribution in [3.8, 4) is 0 Å². The molecule has 4 fully saturated rings. The van der Waals surface area contributed by atoms with Crippen molar-refractivity contribution >= 4 is 17.3 Å². The molecule has 0 aromatic heterocycles. The number of nitrogens with one attached hydrogen (secondary N) is 1. The number of hydrogen-bond donors (Lipinski definition) is 1. The van der Waals surface area contributed by atoms with Crippen LogP contribution in [0.15, 0.2) is 24.3 Å². The van der Waals surface area contributed by atoms with Gasteiger partial charge in [-0.2, -0.15) is 0 Å². The van der Waals surface area contributed by atoms with Crippen LogP contribution in [0.2, 0.25) is 0 Å². The van der Waals surface area contributed by atoms with E-state index in [2.05, 4.69) is 48.3 Å². The maximum Gasteiger partial charge on any atom is 0.233 e. The number of amides is 1. The summed E-state index contributed by atoms with van der Waals surface area (Å²) in [4.78, 5) is 15.9. The number of para-hydroxylation sites is 2. The number of benzene rings is 1. The summed E-state index contributed by atoms with van der Waals surface area (Å²) in [6.45, 7) is 5.16. The zero-order chi connectivity index (χ0) is 16.5. The van der Waals surface area contributed by atoms with Crippen molar-refractivity contribution in [2.75, 3.05) is 16.8 Å². The molecule has 1 aromatic rings. The van der Waals surface area contributed by atoms with Gasteiger partial charge in [0.15, 0.2) is 0 Å². The van der Waals surface area contributed by atoms with Crippen LogP contribution in [-0.4, -0.2) is 18.0 Å². The standard InChI is InChI=1S/C21H28N2O/c1-20(2)13-23(18-6-4-3-5-17(18)22-20)19(24)21-10-14-7-15(11-21)9-16(8-14)12-21/h3-6,14-16,22H,7-13H2,1-2H3. The van der Waals surface area contributed by atoms with Gasteiger partial charge in [-0.25, -0.2) is 0 Å². The van der Waals surface area contributed by atoms with E-state index < -0.39 is 0 Å². The molecule has 0 atom stereocenters. The van der Waals surface area contributed by atoms with Gasteiger partial charge in [0.2, 0.25) is 5.91 Å². The lowest BCUT2D eigenvalue weighted by Crippen LogP contribution is -2.59. The van der Waals surface area contributed by atoms with Crippen LogP contribution in [0, 0.1) is 23.2 Å². The number of anilines is 2. The largest absolute Gasteiger partial charge is 0.377 e. The molecule has 1 N–H and O–H groups in total. The van der Waals surface area contributed by atoms with Gasteiger partial charge in [-0.3, -0.25) is 4.79 Å². The van der Waals surface area contributed by atoms with Crippen molar-refractivity contribution in [3.63, 3.8) is 0 Å². The summed E-state index contributed by atoms with van der Waals surface area (Å²) in [6.07, 6.45) is 7.58. The molecule has 1 amide bonds. The Morgan fingerprint density at radius 1 is 1.04 bits per heavy atom. The molecule has 4 bridgehead atoms. The van der Waals surface area contributed by atoms with Crippen LogP contribution in [0.5, 0.6) is 0 Å². The van der Waals surface area contributed by atoms with Crippen molar-refractivity contribution in [1.82, 2.24) is 0 Å². The van der Waals surface area contributed by atoms with Gasteiger partial charge in [0.1, 0.15) is 0 Å². The minimum Gasteiger partial charge on any atom is -0.377 e. The Labute approximate surface area is 144 Å². The van der Waals surface area contributed by atoms with Gasteiger partial charge in [0, 0.05) is 12.1 Å². The smallest absolute Gasteiger partial charge is 0.233 e. The monoisotopic (exact) mass is 324 g/mol. The molecule has 3 nitrogen and oxygen atoms in total. The molecule has 1 aliphatic heterocycles. The first-order valence-corrected chi connectivity index (χ1v) is 9.63. The van der Waals surface area contributed by atoms with Crippen molar-refractivity contribution in [1.29, 1.82) is 0 Å². The summed E-state index contributed by atoms with van der Waals surface area (Å²) in [6, 6.07) is 8.32. The van der Waals surface area contributed by atoms with Crippen LogP contribution >= 0.6 is 0 Å². The molecule has 4 aliphatic carbocycles. The molecule has 3 heteroatoms. The number of rotatable bonds is 1. The van der Waals surface area contributed by atoms with E-state index >= 15 is 0 Å². The second kappa shape index (κ2) is 4.77. The Balaban J connectivity index is 1.53. The van der Waals surface area contributed by atoms with Gasteiger partial charge in [-0.05, 0) is 82.3 Å². The van der Waals surface area contributed by atoms with E-state index in [1.807, 2.05) is 0 Å². The van der Waals surface area contributed by atoms with Crippen LogP contribution < -0.4 is 10.2 Å². The third-order valence-electron chi connectivity index (χ3n) is 6.96. The molecule has 5 aliphatic rings. The van der Waals surface area contributed by atoms with E-state index in [1.54, 1.807) is 0 Å². The fourth-order valence-electron chi connectivity index (χ4n) is 6.54. The number of nitrogens with zero attached hydrogens (tertiary/aromatic N) is 1. The lowest BCUT2D eigenvalue weighted by Gasteiger charge is -2.57. The number of hydrogen-bond acceptors (Lipinski definition) is 2. The molecule has 24 heavy (non-hydrogen) atoms. The van der Waals surface area contributed by atoms with E-state index in [4.69, 9.17) is 0 Å². The third kappa shape index (κ3) is 2.13. The minimum absolute atomic E-state index is 0.0602. The second-order valence-electron chi connectivity index (χ2n) is 9.62. The number of carbonyl (C=O) groups is 1. The Morgan fingerprint density at radius 3 is 2.25 bits per heavy atom. The van der Waals surface area contributed by atoms with E-state index in [1.165, 1.54) is 19.3 Å². The van der Waals surface area contributed by atoms with Crippen molar-refractivity contribution in [2.24, 2.45) is 23.2 Å². The molecular formula is C21H28N2O. The van der Waals surface area contributed by atoms with Crippen LogP contribution in [0.3, 0.4) is 0 Å². The minimum atomic E-state index is -0.0771.